The smallest absolute Gasteiger partial charge is 0.267 e. The van der Waals surface area contributed by atoms with Crippen molar-refractivity contribution in [3.63, 3.8) is 0 Å². The number of aromatic nitrogens is 2. The topological polar surface area (TPSA) is 68.9 Å². The van der Waals surface area contributed by atoms with Gasteiger partial charge in [0, 0.05) is 17.8 Å². The van der Waals surface area contributed by atoms with Crippen LogP contribution in [0.25, 0.3) is 21.9 Å². The van der Waals surface area contributed by atoms with E-state index < -0.39 is 5.91 Å². The summed E-state index contributed by atoms with van der Waals surface area (Å²) in [5.41, 5.74) is 7.60. The number of carbonyl (C=O) groups excluding carboxylic acids is 1. The van der Waals surface area contributed by atoms with Crippen LogP contribution >= 0.6 is 0 Å². The van der Waals surface area contributed by atoms with Crippen LogP contribution in [0.4, 0.5) is 0 Å². The monoisotopic (exact) mass is 248 g/mol. The van der Waals surface area contributed by atoms with E-state index in [2.05, 4.69) is 16.2 Å². The highest BCUT2D eigenvalue weighted by Gasteiger charge is 2.09. The van der Waals surface area contributed by atoms with E-state index in [1.807, 2.05) is 30.3 Å². The molecule has 0 aliphatic heterocycles. The van der Waals surface area contributed by atoms with Crippen molar-refractivity contribution in [2.75, 3.05) is 0 Å². The highest BCUT2D eigenvalue weighted by molar-refractivity contribution is 6.05. The van der Waals surface area contributed by atoms with Crippen molar-refractivity contribution < 1.29 is 4.79 Å². The minimum Gasteiger partial charge on any atom is -0.364 e. The van der Waals surface area contributed by atoms with E-state index in [0.29, 0.717) is 0 Å². The van der Waals surface area contributed by atoms with Crippen LogP contribution in [0.5, 0.6) is 0 Å². The van der Waals surface area contributed by atoms with Crippen LogP contribution in [0.1, 0.15) is 10.5 Å². The zero-order chi connectivity index (χ0) is 13.2. The van der Waals surface area contributed by atoms with Gasteiger partial charge < -0.3 is 5.73 Å². The third-order valence-electron chi connectivity index (χ3n) is 2.95. The molecule has 3 rings (SSSR count). The van der Waals surface area contributed by atoms with Crippen molar-refractivity contribution in [3.05, 3.63) is 60.7 Å². The Kier molecular flexibility index (Phi) is 2.68. The van der Waals surface area contributed by atoms with E-state index >= 15 is 0 Å². The Balaban J connectivity index is 2.25. The number of pyridine rings is 2. The third kappa shape index (κ3) is 2.04. The van der Waals surface area contributed by atoms with Gasteiger partial charge in [0.25, 0.3) is 5.91 Å². The first kappa shape index (κ1) is 11.3. The lowest BCUT2D eigenvalue weighted by Gasteiger charge is -2.05. The molecular formula is C15H10N3O. The van der Waals surface area contributed by atoms with Crippen LogP contribution in [0.2, 0.25) is 0 Å². The predicted octanol–water partition coefficient (Wildman–Crippen LogP) is 2.20. The first-order valence-corrected chi connectivity index (χ1v) is 5.77. The fraction of sp³-hybridized carbons (Fsp3) is 0. The molecule has 0 bridgehead atoms. The molecule has 4 nitrogen and oxygen atoms in total. The summed E-state index contributed by atoms with van der Waals surface area (Å²) in [6.45, 7) is 0. The summed E-state index contributed by atoms with van der Waals surface area (Å²) in [5.74, 6) is -0.547. The van der Waals surface area contributed by atoms with E-state index in [9.17, 15) is 4.79 Å². The normalized spacial score (nSPS) is 10.5. The Morgan fingerprint density at radius 1 is 1.11 bits per heavy atom. The molecule has 0 saturated heterocycles. The largest absolute Gasteiger partial charge is 0.364 e. The Hall–Kier alpha value is -2.75. The molecule has 0 fully saturated rings. The molecule has 1 radical (unpaired) electrons. The highest BCUT2D eigenvalue weighted by atomic mass is 16.1. The number of primary amides is 1. The summed E-state index contributed by atoms with van der Waals surface area (Å²) < 4.78 is 0. The number of amides is 1. The molecule has 2 N–H and O–H groups in total. The summed E-state index contributed by atoms with van der Waals surface area (Å²) in [7, 11) is 0. The van der Waals surface area contributed by atoms with Gasteiger partial charge in [-0.05, 0) is 40.8 Å². The fourth-order valence-electron chi connectivity index (χ4n) is 2.03. The zero-order valence-corrected chi connectivity index (χ0v) is 10.00. The second kappa shape index (κ2) is 4.49. The van der Waals surface area contributed by atoms with Gasteiger partial charge in [0.1, 0.15) is 5.69 Å². The number of nitrogens with zero attached hydrogens (tertiary/aromatic N) is 2. The summed E-state index contributed by atoms with van der Waals surface area (Å²) in [4.78, 5) is 19.3. The van der Waals surface area contributed by atoms with Crippen molar-refractivity contribution >= 4 is 16.7 Å². The summed E-state index contributed by atoms with van der Waals surface area (Å²) in [6.07, 6.45) is 6.14. The average molecular weight is 248 g/mol. The van der Waals surface area contributed by atoms with E-state index in [1.165, 1.54) is 0 Å². The minimum absolute atomic E-state index is 0.244. The molecule has 19 heavy (non-hydrogen) atoms. The van der Waals surface area contributed by atoms with Gasteiger partial charge in [-0.1, -0.05) is 12.1 Å². The number of hydrogen-bond acceptors (Lipinski definition) is 3. The van der Waals surface area contributed by atoms with E-state index in [-0.39, 0.29) is 5.69 Å². The number of benzene rings is 1. The molecule has 0 aliphatic carbocycles. The standard InChI is InChI=1S/C15H10N3O/c16-15(19)14-13-9-12(10-3-6-17-7-4-10)2-1-11(13)5-8-18-14/h1-7,9H,(H2,16,19). The highest BCUT2D eigenvalue weighted by Crippen LogP contribution is 2.25. The molecule has 0 spiro atoms. The summed E-state index contributed by atoms with van der Waals surface area (Å²) in [5, 5.41) is 1.63. The van der Waals surface area contributed by atoms with Crippen molar-refractivity contribution in [2.24, 2.45) is 5.73 Å². The van der Waals surface area contributed by atoms with E-state index in [0.717, 1.165) is 21.9 Å². The zero-order valence-electron chi connectivity index (χ0n) is 10.00. The Labute approximate surface area is 109 Å². The van der Waals surface area contributed by atoms with Crippen LogP contribution < -0.4 is 5.73 Å². The first-order valence-electron chi connectivity index (χ1n) is 5.77. The fourth-order valence-corrected chi connectivity index (χ4v) is 2.03. The van der Waals surface area contributed by atoms with Crippen LogP contribution in [0, 0.1) is 6.20 Å². The Bertz CT molecular complexity index is 754. The molecular weight excluding hydrogens is 238 g/mol. The van der Waals surface area contributed by atoms with Crippen molar-refractivity contribution in [1.82, 2.24) is 9.97 Å². The van der Waals surface area contributed by atoms with Gasteiger partial charge >= 0.3 is 0 Å². The maximum absolute atomic E-state index is 11.4. The second-order valence-corrected chi connectivity index (χ2v) is 4.14. The molecule has 3 aromatic rings. The van der Waals surface area contributed by atoms with Gasteiger partial charge in [-0.3, -0.25) is 9.78 Å². The van der Waals surface area contributed by atoms with E-state index in [1.54, 1.807) is 18.5 Å². The van der Waals surface area contributed by atoms with Crippen molar-refractivity contribution in [1.29, 1.82) is 0 Å². The van der Waals surface area contributed by atoms with Gasteiger partial charge in [-0.15, -0.1) is 0 Å². The molecule has 0 aliphatic rings. The lowest BCUT2D eigenvalue weighted by atomic mass is 10.0. The predicted molar refractivity (Wildman–Crippen MR) is 72.3 cm³/mol. The molecule has 2 heterocycles. The van der Waals surface area contributed by atoms with Crippen molar-refractivity contribution in [3.8, 4) is 11.1 Å². The van der Waals surface area contributed by atoms with Crippen LogP contribution in [0.3, 0.4) is 0 Å². The molecule has 0 saturated carbocycles. The molecule has 4 heteroatoms. The number of rotatable bonds is 2. The van der Waals surface area contributed by atoms with E-state index in [4.69, 9.17) is 5.73 Å². The van der Waals surface area contributed by atoms with Crippen LogP contribution in [-0.4, -0.2) is 15.9 Å². The first-order chi connectivity index (χ1) is 9.25. The summed E-state index contributed by atoms with van der Waals surface area (Å²) >= 11 is 0. The van der Waals surface area contributed by atoms with Gasteiger partial charge in [0.15, 0.2) is 0 Å². The van der Waals surface area contributed by atoms with Gasteiger partial charge in [-0.2, -0.15) is 0 Å². The number of hydrogen-bond donors (Lipinski definition) is 1. The minimum atomic E-state index is -0.547. The maximum Gasteiger partial charge on any atom is 0.267 e. The molecule has 0 atom stereocenters. The molecule has 0 unspecified atom stereocenters. The number of fused-ring (bicyclic) bond motifs is 1. The molecule has 1 aromatic carbocycles. The second-order valence-electron chi connectivity index (χ2n) is 4.14. The molecule has 91 valence electrons. The van der Waals surface area contributed by atoms with Gasteiger partial charge in [0.05, 0.1) is 6.20 Å². The average Bonchev–Trinajstić information content (AvgIpc) is 2.47. The number of carbonyl (C=O) groups is 1. The Morgan fingerprint density at radius 2 is 1.89 bits per heavy atom. The molecule has 1 amide bonds. The maximum atomic E-state index is 11.4. The molecule has 2 aromatic heterocycles. The van der Waals surface area contributed by atoms with Gasteiger partial charge in [0.2, 0.25) is 0 Å². The lowest BCUT2D eigenvalue weighted by molar-refractivity contribution is 0.0997. The SMILES string of the molecule is NC(=O)c1n[c]cc2ccc(-c3ccncc3)cc12. The quantitative estimate of drug-likeness (QED) is 0.755. The third-order valence-corrected chi connectivity index (χ3v) is 2.95. The Morgan fingerprint density at radius 3 is 2.63 bits per heavy atom. The summed E-state index contributed by atoms with van der Waals surface area (Å²) in [6, 6.07) is 11.4. The lowest BCUT2D eigenvalue weighted by Crippen LogP contribution is -2.13. The number of nitrogens with two attached hydrogens (primary N) is 1. The van der Waals surface area contributed by atoms with Crippen LogP contribution in [-0.2, 0) is 0 Å². The van der Waals surface area contributed by atoms with Crippen LogP contribution in [0.15, 0.2) is 48.8 Å². The van der Waals surface area contributed by atoms with Crippen molar-refractivity contribution in [2.45, 2.75) is 0 Å². The van der Waals surface area contributed by atoms with Gasteiger partial charge in [-0.25, -0.2) is 4.98 Å².